The number of carbonyl (C=O) groups excluding carboxylic acids is 1. The van der Waals surface area contributed by atoms with E-state index in [0.717, 1.165) is 16.3 Å². The first-order chi connectivity index (χ1) is 10.6. The van der Waals surface area contributed by atoms with Gasteiger partial charge in [-0.25, -0.2) is 4.79 Å². The number of fused-ring (bicyclic) bond motifs is 1. The Kier molecular flexibility index (Phi) is 3.89. The van der Waals surface area contributed by atoms with Crippen LogP contribution in [-0.4, -0.2) is 17.0 Å². The molecule has 22 heavy (non-hydrogen) atoms. The number of rotatable bonds is 4. The first kappa shape index (κ1) is 14.3. The Hall–Kier alpha value is -2.66. The van der Waals surface area contributed by atoms with Crippen LogP contribution in [0.15, 0.2) is 53.9 Å². The number of hydrogen-bond donors (Lipinski definition) is 2. The molecule has 0 fully saturated rings. The second-order valence-electron chi connectivity index (χ2n) is 4.83. The second-order valence-corrected chi connectivity index (χ2v) is 5.75. The van der Waals surface area contributed by atoms with Gasteiger partial charge in [0.15, 0.2) is 0 Å². The van der Waals surface area contributed by atoms with Crippen molar-refractivity contribution in [1.29, 1.82) is 0 Å². The van der Waals surface area contributed by atoms with E-state index in [1.165, 1.54) is 17.4 Å². The quantitative estimate of drug-likeness (QED) is 0.770. The Morgan fingerprint density at radius 1 is 1.05 bits per heavy atom. The van der Waals surface area contributed by atoms with Crippen LogP contribution in [0.3, 0.4) is 0 Å². The van der Waals surface area contributed by atoms with E-state index < -0.39 is 5.97 Å². The molecule has 4 nitrogen and oxygen atoms in total. The minimum atomic E-state index is -1.04. The van der Waals surface area contributed by atoms with Crippen LogP contribution in [0.25, 0.3) is 10.8 Å². The zero-order valence-corrected chi connectivity index (χ0v) is 12.4. The molecule has 0 aliphatic carbocycles. The lowest BCUT2D eigenvalue weighted by atomic mass is 10.0. The summed E-state index contributed by atoms with van der Waals surface area (Å²) in [6, 6.07) is 15.2. The van der Waals surface area contributed by atoms with E-state index in [1.807, 2.05) is 42.5 Å². The third kappa shape index (κ3) is 2.84. The number of carbonyl (C=O) groups is 2. The van der Waals surface area contributed by atoms with E-state index in [2.05, 4.69) is 5.32 Å². The number of hydrogen-bond acceptors (Lipinski definition) is 3. The number of nitrogens with one attached hydrogen (secondary N) is 1. The molecule has 0 aliphatic rings. The summed E-state index contributed by atoms with van der Waals surface area (Å²) in [5.41, 5.74) is 1.04. The normalized spacial score (nSPS) is 10.5. The van der Waals surface area contributed by atoms with Gasteiger partial charge in [-0.3, -0.25) is 4.79 Å². The standard InChI is InChI=1S/C17H13NO3S/c19-15(18-16-14(17(20)21)8-9-22-16)10-12-6-3-5-11-4-1-2-7-13(11)12/h1-9H,10H2,(H,18,19)(H,20,21). The number of carboxylic acid groups (broad SMARTS) is 1. The third-order valence-corrected chi connectivity index (χ3v) is 4.21. The summed E-state index contributed by atoms with van der Waals surface area (Å²) in [4.78, 5) is 23.3. The average Bonchev–Trinajstić information content (AvgIpc) is 2.96. The Morgan fingerprint density at radius 2 is 1.82 bits per heavy atom. The van der Waals surface area contributed by atoms with Crippen LogP contribution >= 0.6 is 11.3 Å². The summed E-state index contributed by atoms with van der Waals surface area (Å²) in [6.45, 7) is 0. The number of thiophene rings is 1. The molecule has 3 rings (SSSR count). The predicted molar refractivity (Wildman–Crippen MR) is 87.6 cm³/mol. The van der Waals surface area contributed by atoms with Gasteiger partial charge in [0.25, 0.3) is 0 Å². The fourth-order valence-electron chi connectivity index (χ4n) is 2.36. The van der Waals surface area contributed by atoms with E-state index in [9.17, 15) is 9.59 Å². The van der Waals surface area contributed by atoms with Crippen molar-refractivity contribution in [2.75, 3.05) is 5.32 Å². The fraction of sp³-hybridized carbons (Fsp3) is 0.0588. The lowest BCUT2D eigenvalue weighted by Crippen LogP contribution is -2.15. The van der Waals surface area contributed by atoms with Crippen molar-refractivity contribution in [2.45, 2.75) is 6.42 Å². The van der Waals surface area contributed by atoms with Gasteiger partial charge in [-0.1, -0.05) is 42.5 Å². The molecule has 0 saturated heterocycles. The highest BCUT2D eigenvalue weighted by atomic mass is 32.1. The molecular weight excluding hydrogens is 298 g/mol. The van der Waals surface area contributed by atoms with Crippen LogP contribution in [0.5, 0.6) is 0 Å². The lowest BCUT2D eigenvalue weighted by molar-refractivity contribution is -0.115. The number of anilines is 1. The summed E-state index contributed by atoms with van der Waals surface area (Å²) < 4.78 is 0. The first-order valence-corrected chi connectivity index (χ1v) is 7.60. The maximum atomic E-state index is 12.2. The minimum Gasteiger partial charge on any atom is -0.478 e. The number of amides is 1. The Bertz CT molecular complexity index is 848. The molecule has 3 aromatic rings. The molecule has 2 aromatic carbocycles. The van der Waals surface area contributed by atoms with E-state index >= 15 is 0 Å². The molecule has 0 spiro atoms. The molecule has 0 aliphatic heterocycles. The van der Waals surface area contributed by atoms with E-state index in [1.54, 1.807) is 5.38 Å². The highest BCUT2D eigenvalue weighted by molar-refractivity contribution is 7.14. The highest BCUT2D eigenvalue weighted by Crippen LogP contribution is 2.24. The summed E-state index contributed by atoms with van der Waals surface area (Å²) in [7, 11) is 0. The summed E-state index contributed by atoms with van der Waals surface area (Å²) in [6.07, 6.45) is 0.207. The zero-order valence-electron chi connectivity index (χ0n) is 11.6. The van der Waals surface area contributed by atoms with Crippen molar-refractivity contribution in [3.63, 3.8) is 0 Å². The Balaban J connectivity index is 1.82. The minimum absolute atomic E-state index is 0.122. The van der Waals surface area contributed by atoms with Gasteiger partial charge < -0.3 is 10.4 Å². The topological polar surface area (TPSA) is 66.4 Å². The average molecular weight is 311 g/mol. The van der Waals surface area contributed by atoms with Gasteiger partial charge in [-0.2, -0.15) is 0 Å². The second kappa shape index (κ2) is 5.99. The summed E-state index contributed by atoms with van der Waals surface area (Å²) in [5, 5.41) is 15.9. The van der Waals surface area contributed by atoms with Crippen LogP contribution in [0.2, 0.25) is 0 Å². The van der Waals surface area contributed by atoms with Crippen molar-refractivity contribution in [3.05, 3.63) is 65.0 Å². The maximum absolute atomic E-state index is 12.2. The summed E-state index contributed by atoms with van der Waals surface area (Å²) >= 11 is 1.21. The van der Waals surface area contributed by atoms with Crippen molar-refractivity contribution >= 4 is 39.0 Å². The van der Waals surface area contributed by atoms with E-state index in [-0.39, 0.29) is 17.9 Å². The molecule has 2 N–H and O–H groups in total. The predicted octanol–water partition coefficient (Wildman–Crippen LogP) is 3.78. The van der Waals surface area contributed by atoms with Crippen molar-refractivity contribution < 1.29 is 14.7 Å². The molecule has 1 amide bonds. The van der Waals surface area contributed by atoms with Crippen molar-refractivity contribution in [2.24, 2.45) is 0 Å². The lowest BCUT2D eigenvalue weighted by Gasteiger charge is -2.07. The monoisotopic (exact) mass is 311 g/mol. The summed E-state index contributed by atoms with van der Waals surface area (Å²) in [5.74, 6) is -1.26. The fourth-order valence-corrected chi connectivity index (χ4v) is 3.16. The Morgan fingerprint density at radius 3 is 2.64 bits per heavy atom. The van der Waals surface area contributed by atoms with Gasteiger partial charge in [0.1, 0.15) is 5.00 Å². The molecule has 0 unspecified atom stereocenters. The molecule has 0 saturated carbocycles. The van der Waals surface area contributed by atoms with Gasteiger partial charge in [0, 0.05) is 0 Å². The Labute approximate surface area is 131 Å². The zero-order chi connectivity index (χ0) is 15.5. The SMILES string of the molecule is O=C(Cc1cccc2ccccc12)Nc1sccc1C(=O)O. The molecule has 0 bridgehead atoms. The van der Waals surface area contributed by atoms with Crippen LogP contribution < -0.4 is 5.32 Å². The van der Waals surface area contributed by atoms with Crippen LogP contribution in [0.1, 0.15) is 15.9 Å². The number of carboxylic acids is 1. The van der Waals surface area contributed by atoms with Gasteiger partial charge in [-0.15, -0.1) is 11.3 Å². The van der Waals surface area contributed by atoms with Crippen LogP contribution in [0.4, 0.5) is 5.00 Å². The smallest absolute Gasteiger partial charge is 0.338 e. The van der Waals surface area contributed by atoms with Gasteiger partial charge in [0.05, 0.1) is 12.0 Å². The largest absolute Gasteiger partial charge is 0.478 e. The van der Waals surface area contributed by atoms with E-state index in [4.69, 9.17) is 5.11 Å². The third-order valence-electron chi connectivity index (χ3n) is 3.38. The molecule has 0 atom stereocenters. The highest BCUT2D eigenvalue weighted by Gasteiger charge is 2.14. The number of aromatic carboxylic acids is 1. The maximum Gasteiger partial charge on any atom is 0.338 e. The molecule has 1 aromatic heterocycles. The molecule has 110 valence electrons. The van der Waals surface area contributed by atoms with Gasteiger partial charge in [0.2, 0.25) is 5.91 Å². The number of benzene rings is 2. The van der Waals surface area contributed by atoms with Gasteiger partial charge >= 0.3 is 5.97 Å². The molecule has 0 radical (unpaired) electrons. The first-order valence-electron chi connectivity index (χ1n) is 6.72. The van der Waals surface area contributed by atoms with E-state index in [0.29, 0.717) is 5.00 Å². The van der Waals surface area contributed by atoms with Crippen LogP contribution in [0, 0.1) is 0 Å². The van der Waals surface area contributed by atoms with Crippen molar-refractivity contribution in [1.82, 2.24) is 0 Å². The molecular formula is C17H13NO3S. The molecule has 5 heteroatoms. The van der Waals surface area contributed by atoms with Gasteiger partial charge in [-0.05, 0) is 27.8 Å². The molecule has 1 heterocycles. The van der Waals surface area contributed by atoms with Crippen molar-refractivity contribution in [3.8, 4) is 0 Å². The van der Waals surface area contributed by atoms with Crippen LogP contribution in [-0.2, 0) is 11.2 Å².